The summed E-state index contributed by atoms with van der Waals surface area (Å²) in [6.45, 7) is 15.6. The Kier molecular flexibility index (Phi) is 5.64. The standard InChI is InChI=1S/C12H28O5Si3/c1-18(2,3)16-20(7,17-19(4,5)6)9-8-11-10-14-12(13)15-11/h11H,8-10H2,1-7H3. The van der Waals surface area contributed by atoms with E-state index < -0.39 is 31.4 Å². The molecule has 0 amide bonds. The van der Waals surface area contributed by atoms with Gasteiger partial charge in [-0.2, -0.15) is 0 Å². The van der Waals surface area contributed by atoms with Crippen molar-refractivity contribution in [3.63, 3.8) is 0 Å². The molecule has 0 saturated carbocycles. The minimum atomic E-state index is -2.23. The van der Waals surface area contributed by atoms with E-state index in [1.807, 2.05) is 0 Å². The molecule has 1 rings (SSSR count). The first-order valence-electron chi connectivity index (χ1n) is 7.12. The van der Waals surface area contributed by atoms with Crippen molar-refractivity contribution in [3.05, 3.63) is 0 Å². The van der Waals surface area contributed by atoms with Crippen LogP contribution in [0, 0.1) is 0 Å². The second-order valence-electron chi connectivity index (χ2n) is 7.40. The van der Waals surface area contributed by atoms with Gasteiger partial charge in [0.25, 0.3) is 0 Å². The van der Waals surface area contributed by atoms with Gasteiger partial charge in [0.1, 0.15) is 12.7 Å². The van der Waals surface area contributed by atoms with Crippen LogP contribution >= 0.6 is 0 Å². The monoisotopic (exact) mass is 336 g/mol. The molecule has 0 aromatic carbocycles. The molecule has 8 heteroatoms. The van der Waals surface area contributed by atoms with Crippen molar-refractivity contribution in [3.8, 4) is 0 Å². The van der Waals surface area contributed by atoms with E-state index in [4.69, 9.17) is 17.7 Å². The lowest BCUT2D eigenvalue weighted by atomic mass is 10.3. The minimum absolute atomic E-state index is 0.148. The lowest BCUT2D eigenvalue weighted by Crippen LogP contribution is -2.52. The van der Waals surface area contributed by atoms with Gasteiger partial charge in [0.15, 0.2) is 16.6 Å². The van der Waals surface area contributed by atoms with Crippen LogP contribution in [-0.4, -0.2) is 44.1 Å². The first-order valence-corrected chi connectivity index (χ1v) is 16.5. The van der Waals surface area contributed by atoms with Crippen LogP contribution in [0.5, 0.6) is 0 Å². The van der Waals surface area contributed by atoms with Gasteiger partial charge in [-0.15, -0.1) is 0 Å². The Morgan fingerprint density at radius 3 is 1.90 bits per heavy atom. The van der Waals surface area contributed by atoms with Gasteiger partial charge >= 0.3 is 14.7 Å². The van der Waals surface area contributed by atoms with Crippen LogP contribution in [0.15, 0.2) is 0 Å². The largest absolute Gasteiger partial charge is 0.508 e. The Labute approximate surface area is 125 Å². The van der Waals surface area contributed by atoms with Crippen molar-refractivity contribution >= 4 is 31.4 Å². The molecule has 1 atom stereocenters. The number of carbonyl (C=O) groups excluding carboxylic acids is 1. The summed E-state index contributed by atoms with van der Waals surface area (Å²) in [4.78, 5) is 11.0. The molecule has 0 aliphatic carbocycles. The molecular formula is C12H28O5Si3. The van der Waals surface area contributed by atoms with Crippen LogP contribution in [0.2, 0.25) is 51.9 Å². The van der Waals surface area contributed by atoms with Gasteiger partial charge in [0.05, 0.1) is 0 Å². The molecule has 1 heterocycles. The molecule has 1 fully saturated rings. The van der Waals surface area contributed by atoms with Crippen LogP contribution in [0.3, 0.4) is 0 Å². The summed E-state index contributed by atoms with van der Waals surface area (Å²) in [6.07, 6.45) is 0.0454. The Morgan fingerprint density at radius 2 is 1.55 bits per heavy atom. The summed E-state index contributed by atoms with van der Waals surface area (Å²) in [6, 6.07) is 0.836. The molecule has 118 valence electrons. The lowest BCUT2D eigenvalue weighted by Gasteiger charge is -2.38. The molecule has 20 heavy (non-hydrogen) atoms. The van der Waals surface area contributed by atoms with Crippen molar-refractivity contribution < 1.29 is 22.5 Å². The quantitative estimate of drug-likeness (QED) is 0.524. The van der Waals surface area contributed by atoms with Crippen LogP contribution in [0.25, 0.3) is 0 Å². The van der Waals surface area contributed by atoms with Crippen LogP contribution in [0.4, 0.5) is 4.79 Å². The molecule has 1 aliphatic heterocycles. The molecule has 0 aromatic rings. The third-order valence-electron chi connectivity index (χ3n) is 2.61. The summed E-state index contributed by atoms with van der Waals surface area (Å²) in [7, 11) is -5.56. The first kappa shape index (κ1) is 17.9. The van der Waals surface area contributed by atoms with Gasteiger partial charge in [-0.3, -0.25) is 0 Å². The van der Waals surface area contributed by atoms with Crippen molar-refractivity contribution in [1.29, 1.82) is 0 Å². The topological polar surface area (TPSA) is 54.0 Å². The van der Waals surface area contributed by atoms with Gasteiger partial charge < -0.3 is 17.7 Å². The zero-order chi connectivity index (χ0) is 15.6. The Bertz CT molecular complexity index is 332. The fourth-order valence-electron chi connectivity index (χ4n) is 2.35. The highest BCUT2D eigenvalue weighted by atomic mass is 28.5. The fourth-order valence-corrected chi connectivity index (χ4v) is 14.9. The van der Waals surface area contributed by atoms with Gasteiger partial charge in [-0.05, 0) is 58.3 Å². The molecule has 1 unspecified atom stereocenters. The van der Waals surface area contributed by atoms with E-state index in [1.54, 1.807) is 0 Å². The molecular weight excluding hydrogens is 308 g/mol. The van der Waals surface area contributed by atoms with Gasteiger partial charge in [0, 0.05) is 0 Å². The maximum atomic E-state index is 11.0. The minimum Gasteiger partial charge on any atom is -0.437 e. The van der Waals surface area contributed by atoms with Crippen molar-refractivity contribution in [2.45, 2.75) is 64.4 Å². The maximum absolute atomic E-state index is 11.0. The predicted molar refractivity (Wildman–Crippen MR) is 86.1 cm³/mol. The molecule has 1 aliphatic rings. The molecule has 0 radical (unpaired) electrons. The first-order chi connectivity index (χ1) is 8.89. The van der Waals surface area contributed by atoms with E-state index >= 15 is 0 Å². The van der Waals surface area contributed by atoms with E-state index in [-0.39, 0.29) is 6.10 Å². The van der Waals surface area contributed by atoms with E-state index in [1.165, 1.54) is 0 Å². The highest BCUT2D eigenvalue weighted by Crippen LogP contribution is 2.27. The fraction of sp³-hybridized carbons (Fsp3) is 0.917. The molecule has 5 nitrogen and oxygen atoms in total. The summed E-state index contributed by atoms with van der Waals surface area (Å²) in [5.74, 6) is 0. The van der Waals surface area contributed by atoms with E-state index in [9.17, 15) is 4.79 Å². The predicted octanol–water partition coefficient (Wildman–Crippen LogP) is 3.69. The summed E-state index contributed by atoms with van der Waals surface area (Å²) in [5.41, 5.74) is 0. The van der Waals surface area contributed by atoms with E-state index in [0.717, 1.165) is 12.5 Å². The third-order valence-corrected chi connectivity index (χ3v) is 12.2. The molecule has 0 N–H and O–H groups in total. The Morgan fingerprint density at radius 1 is 1.05 bits per heavy atom. The van der Waals surface area contributed by atoms with E-state index in [0.29, 0.717) is 6.61 Å². The van der Waals surface area contributed by atoms with Crippen LogP contribution in [0.1, 0.15) is 6.42 Å². The highest BCUT2D eigenvalue weighted by Gasteiger charge is 2.41. The van der Waals surface area contributed by atoms with Crippen molar-refractivity contribution in [1.82, 2.24) is 0 Å². The molecule has 0 bridgehead atoms. The zero-order valence-electron chi connectivity index (χ0n) is 13.7. The highest BCUT2D eigenvalue weighted by molar-refractivity contribution is 6.87. The smallest absolute Gasteiger partial charge is 0.437 e. The Hall–Kier alpha value is -0.159. The third kappa shape index (κ3) is 7.02. The number of rotatable bonds is 7. The van der Waals surface area contributed by atoms with Crippen molar-refractivity contribution in [2.24, 2.45) is 0 Å². The normalized spacial score (nSPS) is 20.8. The summed E-state index contributed by atoms with van der Waals surface area (Å²) in [5, 5.41) is 0. The van der Waals surface area contributed by atoms with E-state index in [2.05, 4.69) is 45.8 Å². The Balaban J connectivity index is 2.64. The SMILES string of the molecule is C[Si](C)(C)O[Si](C)(CCC1COC(=O)O1)O[Si](C)(C)C. The van der Waals surface area contributed by atoms with Crippen LogP contribution < -0.4 is 0 Å². The number of hydrogen-bond donors (Lipinski definition) is 0. The average molecular weight is 337 g/mol. The van der Waals surface area contributed by atoms with Crippen molar-refractivity contribution in [2.75, 3.05) is 6.61 Å². The number of ether oxygens (including phenoxy) is 2. The molecule has 0 spiro atoms. The zero-order valence-corrected chi connectivity index (χ0v) is 16.7. The van der Waals surface area contributed by atoms with Gasteiger partial charge in [-0.25, -0.2) is 4.79 Å². The molecule has 0 aromatic heterocycles. The second kappa shape index (κ2) is 6.30. The number of carbonyl (C=O) groups is 1. The molecule has 1 saturated heterocycles. The number of hydrogen-bond acceptors (Lipinski definition) is 5. The average Bonchev–Trinajstić information content (AvgIpc) is 2.55. The number of cyclic esters (lactones) is 2. The van der Waals surface area contributed by atoms with Gasteiger partial charge in [0.2, 0.25) is 0 Å². The summed E-state index contributed by atoms with van der Waals surface area (Å²) >= 11 is 0. The summed E-state index contributed by atoms with van der Waals surface area (Å²) < 4.78 is 22.7. The van der Waals surface area contributed by atoms with Gasteiger partial charge in [-0.1, -0.05) is 0 Å². The van der Waals surface area contributed by atoms with Crippen LogP contribution in [-0.2, 0) is 17.7 Å². The maximum Gasteiger partial charge on any atom is 0.508 e. The second-order valence-corrected chi connectivity index (χ2v) is 20.3. The lowest BCUT2D eigenvalue weighted by molar-refractivity contribution is 0.116.